The summed E-state index contributed by atoms with van der Waals surface area (Å²) in [5.41, 5.74) is 6.09. The topological polar surface area (TPSA) is 146 Å². The van der Waals surface area contributed by atoms with Crippen molar-refractivity contribution in [3.05, 3.63) is 66.1 Å². The molecule has 1 aliphatic carbocycles. The second-order valence-corrected chi connectivity index (χ2v) is 14.2. The molecule has 3 fully saturated rings. The summed E-state index contributed by atoms with van der Waals surface area (Å²) in [7, 11) is 2.18. The average molecular weight is 676 g/mol. The summed E-state index contributed by atoms with van der Waals surface area (Å²) in [5.74, 6) is -1.37. The number of hydrogen-bond acceptors (Lipinski definition) is 10. The summed E-state index contributed by atoms with van der Waals surface area (Å²) in [5, 5.41) is 10.3. The van der Waals surface area contributed by atoms with Crippen LogP contribution in [0.2, 0.25) is 0 Å². The predicted octanol–water partition coefficient (Wildman–Crippen LogP) is 3.88. The Labute approximate surface area is 290 Å². The molecular weight excluding hydrogens is 634 g/mol. The zero-order chi connectivity index (χ0) is 34.5. The van der Waals surface area contributed by atoms with Gasteiger partial charge in [0, 0.05) is 61.8 Å². The lowest BCUT2D eigenvalue weighted by Crippen LogP contribution is -2.54. The molecule has 3 aliphatic heterocycles. The molecule has 4 amide bonds. The number of rotatable bonds is 9. The largest absolute Gasteiger partial charge is 0.385 e. The molecule has 1 unspecified atom stereocenters. The van der Waals surface area contributed by atoms with Crippen molar-refractivity contribution >= 4 is 46.0 Å². The molecule has 1 saturated carbocycles. The summed E-state index contributed by atoms with van der Waals surface area (Å²) in [6.07, 6.45) is 10.2. The van der Waals surface area contributed by atoms with Crippen LogP contribution in [0.5, 0.6) is 0 Å². The summed E-state index contributed by atoms with van der Waals surface area (Å²) in [6.45, 7) is 6.04. The SMILES string of the molecule is C[C@@H]1CN(c2ccc3ncc(-c4cnn([C@H]5C[C@H](CCCNc6ccc7c(c6)C(=O)N(C6CCC(=O)NC6=O)C7=O)C5)c4)nc3c2)CCN1C. The number of imide groups is 2. The first kappa shape index (κ1) is 32.1. The predicted molar refractivity (Wildman–Crippen MR) is 188 cm³/mol. The number of fused-ring (bicyclic) bond motifs is 2. The highest BCUT2D eigenvalue weighted by molar-refractivity contribution is 6.23. The van der Waals surface area contributed by atoms with Crippen molar-refractivity contribution in [2.75, 3.05) is 43.4 Å². The summed E-state index contributed by atoms with van der Waals surface area (Å²) < 4.78 is 2.07. The Kier molecular flexibility index (Phi) is 8.30. The van der Waals surface area contributed by atoms with Crippen molar-refractivity contribution in [2.45, 2.75) is 63.6 Å². The Morgan fingerprint density at radius 1 is 0.960 bits per heavy atom. The van der Waals surface area contributed by atoms with Crippen LogP contribution in [-0.4, -0.2) is 98.5 Å². The summed E-state index contributed by atoms with van der Waals surface area (Å²) in [4.78, 5) is 65.4. The lowest BCUT2D eigenvalue weighted by molar-refractivity contribution is -0.136. The van der Waals surface area contributed by atoms with Crippen LogP contribution in [0.4, 0.5) is 11.4 Å². The van der Waals surface area contributed by atoms with Gasteiger partial charge in [-0.1, -0.05) is 0 Å². The number of aromatic nitrogens is 4. The van der Waals surface area contributed by atoms with E-state index in [1.807, 2.05) is 12.4 Å². The first-order valence-corrected chi connectivity index (χ1v) is 17.6. The van der Waals surface area contributed by atoms with E-state index < -0.39 is 23.8 Å². The number of anilines is 2. The van der Waals surface area contributed by atoms with Gasteiger partial charge in [0.1, 0.15) is 6.04 Å². The van der Waals surface area contributed by atoms with E-state index in [1.54, 1.807) is 18.2 Å². The van der Waals surface area contributed by atoms with Gasteiger partial charge in [-0.25, -0.2) is 4.98 Å². The van der Waals surface area contributed by atoms with E-state index in [1.165, 1.54) is 5.69 Å². The highest BCUT2D eigenvalue weighted by Gasteiger charge is 2.44. The zero-order valence-electron chi connectivity index (χ0n) is 28.3. The Morgan fingerprint density at radius 3 is 2.62 bits per heavy atom. The van der Waals surface area contributed by atoms with Crippen molar-refractivity contribution in [3.63, 3.8) is 0 Å². The molecule has 2 aromatic heterocycles. The van der Waals surface area contributed by atoms with Crippen molar-refractivity contribution in [1.29, 1.82) is 0 Å². The van der Waals surface area contributed by atoms with Crippen LogP contribution in [0.1, 0.15) is 72.2 Å². The van der Waals surface area contributed by atoms with E-state index in [-0.39, 0.29) is 29.9 Å². The molecule has 4 aliphatic rings. The van der Waals surface area contributed by atoms with E-state index in [0.717, 1.165) is 84.7 Å². The van der Waals surface area contributed by atoms with Gasteiger partial charge in [-0.15, -0.1) is 0 Å². The van der Waals surface area contributed by atoms with Crippen LogP contribution < -0.4 is 15.5 Å². The normalized spacial score (nSPS) is 24.0. The number of carbonyl (C=O) groups excluding carboxylic acids is 4. The monoisotopic (exact) mass is 675 g/mol. The first-order chi connectivity index (χ1) is 24.2. The Balaban J connectivity index is 0.819. The standard InChI is InChI=1S/C37H41N9O4/c1-22-20-44(13-12-43(22)2)26-6-8-30-31(17-26)41-32(19-39-30)24-18-40-45(21-24)27-14-23(15-27)4-3-11-38-25-5-7-28-29(16-25)37(50)46(36(28)49)33-9-10-34(47)42-35(33)48/h5-8,16-19,21-23,27,33,38H,3-4,9-15,20H2,1-2H3,(H,42,47,48)/t22-,23-,27-,33?/m1/s1. The molecule has 0 bridgehead atoms. The first-order valence-electron chi connectivity index (χ1n) is 17.6. The van der Waals surface area contributed by atoms with E-state index >= 15 is 0 Å². The molecule has 8 rings (SSSR count). The third-order valence-corrected chi connectivity index (χ3v) is 10.9. The van der Waals surface area contributed by atoms with E-state index in [9.17, 15) is 19.2 Å². The lowest BCUT2D eigenvalue weighted by atomic mass is 9.77. The van der Waals surface area contributed by atoms with Crippen LogP contribution in [0, 0.1) is 5.92 Å². The molecule has 2 N–H and O–H groups in total. The molecule has 50 heavy (non-hydrogen) atoms. The molecular formula is C37H41N9O4. The number of piperazine rings is 1. The number of amides is 4. The van der Waals surface area contributed by atoms with Crippen molar-refractivity contribution < 1.29 is 19.2 Å². The number of carbonyl (C=O) groups is 4. The Hall–Kier alpha value is -5.17. The highest BCUT2D eigenvalue weighted by Crippen LogP contribution is 2.40. The molecule has 5 heterocycles. The van der Waals surface area contributed by atoms with Crippen LogP contribution in [-0.2, 0) is 9.59 Å². The van der Waals surface area contributed by atoms with E-state index in [2.05, 4.69) is 68.6 Å². The number of nitrogens with one attached hydrogen (secondary N) is 2. The van der Waals surface area contributed by atoms with Gasteiger partial charge in [-0.3, -0.25) is 39.1 Å². The van der Waals surface area contributed by atoms with Gasteiger partial charge < -0.3 is 15.1 Å². The Morgan fingerprint density at radius 2 is 1.80 bits per heavy atom. The molecule has 2 saturated heterocycles. The van der Waals surface area contributed by atoms with Gasteiger partial charge in [0.2, 0.25) is 11.8 Å². The number of benzene rings is 2. The van der Waals surface area contributed by atoms with Gasteiger partial charge in [0.05, 0.1) is 46.3 Å². The molecule has 0 spiro atoms. The van der Waals surface area contributed by atoms with Gasteiger partial charge in [0.25, 0.3) is 11.8 Å². The quantitative estimate of drug-likeness (QED) is 0.198. The number of nitrogens with zero attached hydrogens (tertiary/aromatic N) is 7. The van der Waals surface area contributed by atoms with Crippen LogP contribution in [0.25, 0.3) is 22.3 Å². The van der Waals surface area contributed by atoms with Gasteiger partial charge in [0.15, 0.2) is 0 Å². The van der Waals surface area contributed by atoms with Crippen molar-refractivity contribution in [3.8, 4) is 11.3 Å². The fourth-order valence-electron chi connectivity index (χ4n) is 7.65. The maximum atomic E-state index is 13.1. The summed E-state index contributed by atoms with van der Waals surface area (Å²) >= 11 is 0. The molecule has 2 atom stereocenters. The number of hydrogen-bond donors (Lipinski definition) is 2. The molecule has 4 aromatic rings. The van der Waals surface area contributed by atoms with Gasteiger partial charge >= 0.3 is 0 Å². The second kappa shape index (κ2) is 12.9. The van der Waals surface area contributed by atoms with E-state index in [0.29, 0.717) is 18.0 Å². The van der Waals surface area contributed by atoms with Gasteiger partial charge in [-0.2, -0.15) is 5.10 Å². The van der Waals surface area contributed by atoms with Crippen molar-refractivity contribution in [1.82, 2.24) is 34.9 Å². The van der Waals surface area contributed by atoms with Crippen LogP contribution >= 0.6 is 0 Å². The minimum atomic E-state index is -0.964. The third-order valence-electron chi connectivity index (χ3n) is 10.9. The molecule has 13 heteroatoms. The molecule has 0 radical (unpaired) electrons. The number of piperidine rings is 1. The minimum Gasteiger partial charge on any atom is -0.385 e. The highest BCUT2D eigenvalue weighted by atomic mass is 16.2. The average Bonchev–Trinajstić information content (AvgIpc) is 3.67. The maximum Gasteiger partial charge on any atom is 0.262 e. The minimum absolute atomic E-state index is 0.0971. The zero-order valence-corrected chi connectivity index (χ0v) is 28.3. The van der Waals surface area contributed by atoms with E-state index in [4.69, 9.17) is 9.97 Å². The maximum absolute atomic E-state index is 13.1. The lowest BCUT2D eigenvalue weighted by Gasteiger charge is -2.39. The molecule has 13 nitrogen and oxygen atoms in total. The van der Waals surface area contributed by atoms with Gasteiger partial charge in [-0.05, 0) is 88.4 Å². The second-order valence-electron chi connectivity index (χ2n) is 14.2. The van der Waals surface area contributed by atoms with Crippen molar-refractivity contribution in [2.24, 2.45) is 5.92 Å². The number of likely N-dealkylation sites (N-methyl/N-ethyl adjacent to an activating group) is 1. The smallest absolute Gasteiger partial charge is 0.262 e. The molecule has 258 valence electrons. The van der Waals surface area contributed by atoms with Crippen LogP contribution in [0.3, 0.4) is 0 Å². The van der Waals surface area contributed by atoms with Crippen LogP contribution in [0.15, 0.2) is 55.0 Å². The third kappa shape index (κ3) is 5.99. The molecule has 2 aromatic carbocycles. The fourth-order valence-corrected chi connectivity index (χ4v) is 7.65. The Bertz CT molecular complexity index is 2000. The fraction of sp³-hybridized carbons (Fsp3) is 0.432. The summed E-state index contributed by atoms with van der Waals surface area (Å²) in [6, 6.07) is 11.4.